The summed E-state index contributed by atoms with van der Waals surface area (Å²) in [6.07, 6.45) is 0. The van der Waals surface area contributed by atoms with Gasteiger partial charge in [0.25, 0.3) is 0 Å². The molecule has 3 aliphatic carbocycles. The van der Waals surface area contributed by atoms with Gasteiger partial charge in [-0.3, -0.25) is 0 Å². The Hall–Kier alpha value is -7.22. The lowest BCUT2D eigenvalue weighted by molar-refractivity contribution is 0.333. The third-order valence-electron chi connectivity index (χ3n) is 13.2. The van der Waals surface area contributed by atoms with Gasteiger partial charge in [0.05, 0.1) is 0 Å². The Morgan fingerprint density at radius 1 is 0.293 bits per heavy atom. The van der Waals surface area contributed by atoms with Crippen molar-refractivity contribution in [1.29, 1.82) is 0 Å². The van der Waals surface area contributed by atoms with Crippen LogP contribution in [-0.2, 0) is 5.41 Å². The van der Waals surface area contributed by atoms with Gasteiger partial charge < -0.3 is 4.90 Å². The predicted molar refractivity (Wildman–Crippen MR) is 240 cm³/mol. The van der Waals surface area contributed by atoms with Crippen LogP contribution in [0.5, 0.6) is 0 Å². The largest absolute Gasteiger partial charge is 0.310 e. The Morgan fingerprint density at radius 2 is 0.690 bits per heavy atom. The zero-order valence-electron chi connectivity index (χ0n) is 32.0. The summed E-state index contributed by atoms with van der Waals surface area (Å²) in [4.78, 5) is 2.41. The third-order valence-corrected chi connectivity index (χ3v) is 13.2. The van der Waals surface area contributed by atoms with E-state index in [4.69, 9.17) is 0 Å². The molecule has 272 valence electrons. The van der Waals surface area contributed by atoms with Crippen molar-refractivity contribution in [2.24, 2.45) is 0 Å². The van der Waals surface area contributed by atoms with Crippen molar-refractivity contribution in [1.82, 2.24) is 0 Å². The van der Waals surface area contributed by atoms with Gasteiger partial charge in [0.1, 0.15) is 0 Å². The third kappa shape index (κ3) is 4.71. The molecule has 58 heavy (non-hydrogen) atoms. The highest BCUT2D eigenvalue weighted by molar-refractivity contribution is 5.91. The molecular formula is C57H39N. The predicted octanol–water partition coefficient (Wildman–Crippen LogP) is 14.7. The Morgan fingerprint density at radius 3 is 1.19 bits per heavy atom. The van der Waals surface area contributed by atoms with E-state index in [1.165, 1.54) is 77.9 Å². The van der Waals surface area contributed by atoms with Gasteiger partial charge in [-0.15, -0.1) is 0 Å². The standard InChI is InChI=1S/C57H39N/c1-4-15-38(16-5-1)40-27-31-44(32-28-40)58(45-33-29-41(30-34-45)39-17-6-2-7-18-39)46-22-14-21-43(37-46)48-36-35-47(42-19-8-3-9-20-42)53-54(48)56-50-24-11-13-26-52(50)57(56)51-25-12-10-23-49(51)55(53)57/h1-37,55-56H. The van der Waals surface area contributed by atoms with Gasteiger partial charge in [0, 0.05) is 34.3 Å². The molecule has 1 nitrogen and oxygen atoms in total. The quantitative estimate of drug-likeness (QED) is 0.157. The first-order valence-corrected chi connectivity index (χ1v) is 20.4. The van der Waals surface area contributed by atoms with Gasteiger partial charge in [-0.25, -0.2) is 0 Å². The molecule has 0 amide bonds. The molecule has 1 heteroatoms. The molecule has 3 aliphatic rings. The minimum absolute atomic E-state index is 0.0280. The van der Waals surface area contributed by atoms with Gasteiger partial charge in [-0.05, 0) is 114 Å². The summed E-state index contributed by atoms with van der Waals surface area (Å²) in [6, 6.07) is 82.9. The Bertz CT molecular complexity index is 2900. The Kier molecular flexibility index (Phi) is 7.34. The van der Waals surface area contributed by atoms with Crippen LogP contribution in [0.4, 0.5) is 17.1 Å². The average Bonchev–Trinajstić information content (AvgIpc) is 3.52. The minimum Gasteiger partial charge on any atom is -0.310 e. The van der Waals surface area contributed by atoms with Crippen LogP contribution >= 0.6 is 0 Å². The summed E-state index contributed by atoms with van der Waals surface area (Å²) < 4.78 is 0. The number of benzene rings is 9. The van der Waals surface area contributed by atoms with Crippen LogP contribution in [0.3, 0.4) is 0 Å². The smallest absolute Gasteiger partial charge is 0.0467 e. The fourth-order valence-electron chi connectivity index (χ4n) is 10.8. The number of rotatable bonds is 7. The van der Waals surface area contributed by atoms with Crippen molar-refractivity contribution in [2.45, 2.75) is 17.3 Å². The first kappa shape index (κ1) is 33.0. The molecule has 0 saturated heterocycles. The Balaban J connectivity index is 1.04. The van der Waals surface area contributed by atoms with Crippen LogP contribution in [0.2, 0.25) is 0 Å². The molecule has 0 aliphatic heterocycles. The highest BCUT2D eigenvalue weighted by Crippen LogP contribution is 2.78. The van der Waals surface area contributed by atoms with Gasteiger partial charge in [-0.1, -0.05) is 188 Å². The molecule has 0 radical (unpaired) electrons. The molecule has 0 N–H and O–H groups in total. The number of hydrogen-bond acceptors (Lipinski definition) is 1. The molecular weight excluding hydrogens is 699 g/mol. The zero-order valence-corrected chi connectivity index (χ0v) is 32.0. The molecule has 9 aromatic rings. The van der Waals surface area contributed by atoms with E-state index in [0.717, 1.165) is 17.1 Å². The lowest BCUT2D eigenvalue weighted by atomic mass is 9.43. The number of nitrogens with zero attached hydrogens (tertiary/aromatic N) is 1. The summed E-state index contributed by atoms with van der Waals surface area (Å²) >= 11 is 0. The molecule has 1 spiro atoms. The summed E-state index contributed by atoms with van der Waals surface area (Å²) in [5.41, 5.74) is 22.3. The van der Waals surface area contributed by atoms with Gasteiger partial charge in [0.15, 0.2) is 0 Å². The van der Waals surface area contributed by atoms with E-state index in [-0.39, 0.29) is 5.41 Å². The molecule has 9 aromatic carbocycles. The van der Waals surface area contributed by atoms with Crippen molar-refractivity contribution in [3.63, 3.8) is 0 Å². The van der Waals surface area contributed by atoms with Crippen LogP contribution in [0.15, 0.2) is 224 Å². The maximum Gasteiger partial charge on any atom is 0.0467 e. The van der Waals surface area contributed by atoms with E-state index in [1.54, 1.807) is 0 Å². The van der Waals surface area contributed by atoms with Crippen molar-refractivity contribution >= 4 is 17.1 Å². The van der Waals surface area contributed by atoms with Crippen LogP contribution in [0.1, 0.15) is 45.2 Å². The van der Waals surface area contributed by atoms with E-state index < -0.39 is 0 Å². The Labute approximate surface area is 340 Å². The highest BCUT2D eigenvalue weighted by Gasteiger charge is 2.70. The number of anilines is 3. The van der Waals surface area contributed by atoms with E-state index in [2.05, 4.69) is 229 Å². The monoisotopic (exact) mass is 737 g/mol. The summed E-state index contributed by atoms with van der Waals surface area (Å²) in [5.74, 6) is 0.618. The van der Waals surface area contributed by atoms with Crippen LogP contribution in [-0.4, -0.2) is 0 Å². The van der Waals surface area contributed by atoms with E-state index >= 15 is 0 Å². The van der Waals surface area contributed by atoms with E-state index in [1.807, 2.05) is 0 Å². The van der Waals surface area contributed by atoms with E-state index in [0.29, 0.717) is 11.8 Å². The second-order valence-corrected chi connectivity index (χ2v) is 16.0. The molecule has 0 fully saturated rings. The van der Waals surface area contributed by atoms with Crippen molar-refractivity contribution in [3.05, 3.63) is 258 Å². The van der Waals surface area contributed by atoms with Crippen molar-refractivity contribution in [3.8, 4) is 44.5 Å². The first-order valence-electron chi connectivity index (χ1n) is 20.4. The second-order valence-electron chi connectivity index (χ2n) is 16.0. The summed E-state index contributed by atoms with van der Waals surface area (Å²) in [7, 11) is 0. The van der Waals surface area contributed by atoms with Gasteiger partial charge in [0.2, 0.25) is 0 Å². The normalized spacial score (nSPS) is 17.7. The summed E-state index contributed by atoms with van der Waals surface area (Å²) in [5, 5.41) is 0. The van der Waals surface area contributed by atoms with Crippen LogP contribution in [0.25, 0.3) is 44.5 Å². The molecule has 3 atom stereocenters. The molecule has 12 rings (SSSR count). The lowest BCUT2D eigenvalue weighted by Crippen LogP contribution is -2.52. The van der Waals surface area contributed by atoms with Gasteiger partial charge in [-0.2, -0.15) is 0 Å². The lowest BCUT2D eigenvalue weighted by Gasteiger charge is -2.58. The van der Waals surface area contributed by atoms with Crippen molar-refractivity contribution in [2.75, 3.05) is 4.90 Å². The molecule has 0 bridgehead atoms. The fraction of sp³-hybridized carbons (Fsp3) is 0.0526. The zero-order chi connectivity index (χ0) is 38.2. The topological polar surface area (TPSA) is 3.24 Å². The highest BCUT2D eigenvalue weighted by atomic mass is 15.1. The molecule has 0 aromatic heterocycles. The molecule has 0 saturated carbocycles. The minimum atomic E-state index is -0.0280. The average molecular weight is 738 g/mol. The molecule has 0 heterocycles. The maximum absolute atomic E-state index is 2.42. The maximum atomic E-state index is 2.42. The second kappa shape index (κ2) is 12.9. The summed E-state index contributed by atoms with van der Waals surface area (Å²) in [6.45, 7) is 0. The van der Waals surface area contributed by atoms with Gasteiger partial charge >= 0.3 is 0 Å². The SMILES string of the molecule is c1ccc(-c2ccc(N(c3ccc(-c4ccccc4)cc3)c3cccc(-c4ccc(-c5ccccc5)c5c4C4c6ccccc6C46c4ccccc4C56)c3)cc2)cc1. The first-order chi connectivity index (χ1) is 28.8. The molecule has 3 unspecified atom stereocenters. The van der Waals surface area contributed by atoms with E-state index in [9.17, 15) is 0 Å². The van der Waals surface area contributed by atoms with Crippen molar-refractivity contribution < 1.29 is 0 Å². The fourth-order valence-corrected chi connectivity index (χ4v) is 10.8. The number of fused-ring (bicyclic) bond motifs is 7. The van der Waals surface area contributed by atoms with Crippen LogP contribution in [0, 0.1) is 0 Å². The van der Waals surface area contributed by atoms with Crippen LogP contribution < -0.4 is 4.90 Å². The number of hydrogen-bond donors (Lipinski definition) is 0.